The normalized spacial score (nSPS) is 10.2. The van der Waals surface area contributed by atoms with Crippen LogP contribution in [-0.2, 0) is 9.53 Å². The molecule has 0 aliphatic rings. The van der Waals surface area contributed by atoms with Crippen LogP contribution in [0.25, 0.3) is 0 Å². The van der Waals surface area contributed by atoms with Gasteiger partial charge in [-0.25, -0.2) is 0 Å². The summed E-state index contributed by atoms with van der Waals surface area (Å²) < 4.78 is 5.20. The summed E-state index contributed by atoms with van der Waals surface area (Å²) >= 11 is 0. The number of aliphatic carboxylic acids is 1. The van der Waals surface area contributed by atoms with Gasteiger partial charge in [-0.3, -0.25) is 0 Å². The van der Waals surface area contributed by atoms with E-state index < -0.39 is 5.97 Å². The largest absolute Gasteiger partial charge is 1.00 e. The van der Waals surface area contributed by atoms with Crippen molar-refractivity contribution in [3.8, 4) is 0 Å². The van der Waals surface area contributed by atoms with E-state index in [-0.39, 0.29) is 36.0 Å². The van der Waals surface area contributed by atoms with Crippen molar-refractivity contribution in [1.29, 1.82) is 0 Å². The monoisotopic (exact) mass is 280 g/mol. The van der Waals surface area contributed by atoms with Crippen LogP contribution in [0.5, 0.6) is 0 Å². The topological polar surface area (TPSA) is 49.4 Å². The SMILES string of the molecule is CCCCCCCCCCCCOCCC(=O)[O-].[Na+]. The van der Waals surface area contributed by atoms with E-state index in [4.69, 9.17) is 4.74 Å². The first kappa shape index (κ1) is 21.7. The van der Waals surface area contributed by atoms with Crippen LogP contribution in [0.2, 0.25) is 0 Å². The number of unbranched alkanes of at least 4 members (excludes halogenated alkanes) is 9. The van der Waals surface area contributed by atoms with E-state index in [2.05, 4.69) is 6.92 Å². The summed E-state index contributed by atoms with van der Waals surface area (Å²) in [6.45, 7) is 3.22. The minimum Gasteiger partial charge on any atom is -0.550 e. The van der Waals surface area contributed by atoms with Gasteiger partial charge in [0, 0.05) is 19.0 Å². The molecule has 0 rings (SSSR count). The summed E-state index contributed by atoms with van der Waals surface area (Å²) in [5.41, 5.74) is 0. The number of carbonyl (C=O) groups is 1. The van der Waals surface area contributed by atoms with E-state index in [1.54, 1.807) is 0 Å². The molecule has 0 atom stereocenters. The fourth-order valence-corrected chi connectivity index (χ4v) is 1.95. The Morgan fingerprint density at radius 2 is 1.32 bits per heavy atom. The maximum Gasteiger partial charge on any atom is 1.00 e. The van der Waals surface area contributed by atoms with Crippen molar-refractivity contribution < 1.29 is 44.2 Å². The zero-order valence-corrected chi connectivity index (χ0v) is 14.9. The van der Waals surface area contributed by atoms with E-state index in [0.29, 0.717) is 13.2 Å². The maximum absolute atomic E-state index is 10.1. The van der Waals surface area contributed by atoms with Crippen molar-refractivity contribution in [2.24, 2.45) is 0 Å². The number of carboxylic acid groups (broad SMARTS) is 1. The first-order valence-electron chi connectivity index (χ1n) is 7.55. The number of hydrogen-bond donors (Lipinski definition) is 0. The van der Waals surface area contributed by atoms with Gasteiger partial charge in [0.1, 0.15) is 0 Å². The van der Waals surface area contributed by atoms with Gasteiger partial charge in [0.25, 0.3) is 0 Å². The predicted octanol–water partition coefficient (Wildman–Crippen LogP) is 0.0679. The molecule has 4 heteroatoms. The molecule has 0 unspecified atom stereocenters. The third kappa shape index (κ3) is 20.9. The maximum atomic E-state index is 10.1. The Bertz CT molecular complexity index is 186. The van der Waals surface area contributed by atoms with Gasteiger partial charge >= 0.3 is 29.6 Å². The summed E-state index contributed by atoms with van der Waals surface area (Å²) in [6.07, 6.45) is 13.1. The van der Waals surface area contributed by atoms with Gasteiger partial charge in [-0.05, 0) is 6.42 Å². The van der Waals surface area contributed by atoms with Gasteiger partial charge in [0.2, 0.25) is 0 Å². The Labute approximate surface area is 140 Å². The van der Waals surface area contributed by atoms with Crippen LogP contribution in [-0.4, -0.2) is 19.2 Å². The summed E-state index contributed by atoms with van der Waals surface area (Å²) in [5.74, 6) is -1.03. The Balaban J connectivity index is 0. The number of hydrogen-bond acceptors (Lipinski definition) is 3. The summed E-state index contributed by atoms with van der Waals surface area (Å²) in [5, 5.41) is 10.1. The molecular weight excluding hydrogens is 251 g/mol. The van der Waals surface area contributed by atoms with Crippen molar-refractivity contribution in [3.63, 3.8) is 0 Å². The first-order valence-corrected chi connectivity index (χ1v) is 7.55. The summed E-state index contributed by atoms with van der Waals surface area (Å²) in [6, 6.07) is 0. The molecule has 0 amide bonds. The molecule has 0 saturated heterocycles. The molecule has 0 spiro atoms. The predicted molar refractivity (Wildman–Crippen MR) is 72.3 cm³/mol. The number of ether oxygens (including phenoxy) is 1. The van der Waals surface area contributed by atoms with Gasteiger partial charge in [-0.1, -0.05) is 64.7 Å². The van der Waals surface area contributed by atoms with Crippen LogP contribution in [0.15, 0.2) is 0 Å². The fourth-order valence-electron chi connectivity index (χ4n) is 1.95. The van der Waals surface area contributed by atoms with Crippen molar-refractivity contribution >= 4 is 5.97 Å². The first-order chi connectivity index (χ1) is 8.77. The van der Waals surface area contributed by atoms with Crippen molar-refractivity contribution in [3.05, 3.63) is 0 Å². The van der Waals surface area contributed by atoms with Crippen LogP contribution in [0, 0.1) is 0 Å². The van der Waals surface area contributed by atoms with Crippen LogP contribution >= 0.6 is 0 Å². The zero-order chi connectivity index (χ0) is 13.5. The number of rotatable bonds is 14. The van der Waals surface area contributed by atoms with Crippen molar-refractivity contribution in [2.45, 2.75) is 77.6 Å². The molecule has 0 saturated carbocycles. The number of carboxylic acids is 1. The quantitative estimate of drug-likeness (QED) is 0.334. The van der Waals surface area contributed by atoms with Crippen molar-refractivity contribution in [1.82, 2.24) is 0 Å². The standard InChI is InChI=1S/C15H30O3.Na/c1-2-3-4-5-6-7-8-9-10-11-13-18-14-12-15(16)17;/h2-14H2,1H3,(H,16,17);/q;+1/p-1. The minimum absolute atomic E-state index is 0. The molecule has 3 nitrogen and oxygen atoms in total. The van der Waals surface area contributed by atoms with Gasteiger partial charge in [-0.2, -0.15) is 0 Å². The van der Waals surface area contributed by atoms with Crippen molar-refractivity contribution in [2.75, 3.05) is 13.2 Å². The van der Waals surface area contributed by atoms with Crippen LogP contribution in [0.4, 0.5) is 0 Å². The smallest absolute Gasteiger partial charge is 0.550 e. The molecule has 0 aromatic heterocycles. The Morgan fingerprint density at radius 3 is 1.79 bits per heavy atom. The molecule has 0 heterocycles. The molecule has 0 aromatic carbocycles. The second-order valence-electron chi connectivity index (χ2n) is 4.92. The van der Waals surface area contributed by atoms with E-state index >= 15 is 0 Å². The molecule has 0 radical (unpaired) electrons. The molecule has 0 aromatic rings. The Hall–Kier alpha value is 0.430. The number of carbonyl (C=O) groups excluding carboxylic acids is 1. The zero-order valence-electron chi connectivity index (χ0n) is 12.9. The summed E-state index contributed by atoms with van der Waals surface area (Å²) in [7, 11) is 0. The van der Waals surface area contributed by atoms with E-state index in [9.17, 15) is 9.90 Å². The molecule has 108 valence electrons. The van der Waals surface area contributed by atoms with Crippen LogP contribution < -0.4 is 34.7 Å². The molecule has 0 bridgehead atoms. The van der Waals surface area contributed by atoms with Gasteiger partial charge in [0.05, 0.1) is 6.61 Å². The second kappa shape index (κ2) is 18.4. The average molecular weight is 280 g/mol. The van der Waals surface area contributed by atoms with Gasteiger partial charge in [-0.15, -0.1) is 0 Å². The fraction of sp³-hybridized carbons (Fsp3) is 0.933. The van der Waals surface area contributed by atoms with Crippen LogP contribution in [0.1, 0.15) is 77.6 Å². The third-order valence-corrected chi connectivity index (χ3v) is 3.09. The van der Waals surface area contributed by atoms with Gasteiger partial charge in [0.15, 0.2) is 0 Å². The van der Waals surface area contributed by atoms with Gasteiger partial charge < -0.3 is 14.6 Å². The minimum atomic E-state index is -1.03. The molecule has 0 aliphatic heterocycles. The second-order valence-corrected chi connectivity index (χ2v) is 4.92. The van der Waals surface area contributed by atoms with E-state index in [1.807, 2.05) is 0 Å². The average Bonchev–Trinajstić information content (AvgIpc) is 2.34. The Kier molecular flexibility index (Phi) is 21.1. The molecule has 0 fully saturated rings. The molecule has 19 heavy (non-hydrogen) atoms. The Morgan fingerprint density at radius 1 is 0.842 bits per heavy atom. The van der Waals surface area contributed by atoms with E-state index in [1.165, 1.54) is 57.8 Å². The molecule has 0 N–H and O–H groups in total. The van der Waals surface area contributed by atoms with Crippen LogP contribution in [0.3, 0.4) is 0 Å². The molecule has 0 aliphatic carbocycles. The molecular formula is C15H29NaO3. The van der Waals surface area contributed by atoms with E-state index in [0.717, 1.165) is 6.42 Å². The summed E-state index contributed by atoms with van der Waals surface area (Å²) in [4.78, 5) is 10.1. The third-order valence-electron chi connectivity index (χ3n) is 3.09.